The molecule has 0 fully saturated rings. The topological polar surface area (TPSA) is 42.0 Å². The van der Waals surface area contributed by atoms with Crippen molar-refractivity contribution >= 4 is 24.6 Å². The largest absolute Gasteiger partial charge is 0.488 e. The first-order valence-electron chi connectivity index (χ1n) is 9.26. The van der Waals surface area contributed by atoms with Crippen LogP contribution in [-0.2, 0) is 19.4 Å². The summed E-state index contributed by atoms with van der Waals surface area (Å²) in [5.74, 6) is -1.11. The van der Waals surface area contributed by atoms with Crippen LogP contribution >= 0.6 is 24.6 Å². The molecule has 154 valence electrons. The molecule has 0 saturated heterocycles. The molecule has 4 rings (SSSR count). The lowest BCUT2D eigenvalue weighted by Gasteiger charge is -2.28. The Morgan fingerprint density at radius 3 is 2.79 bits per heavy atom. The van der Waals surface area contributed by atoms with E-state index in [1.54, 1.807) is 0 Å². The first-order valence-corrected chi connectivity index (χ1v) is 9.67. The summed E-state index contributed by atoms with van der Waals surface area (Å²) in [4.78, 5) is 3.09. The number of nitrogens with one attached hydrogen (secondary N) is 2. The second kappa shape index (κ2) is 9.52. The van der Waals surface area contributed by atoms with Crippen LogP contribution in [0.2, 0.25) is 0 Å². The predicted molar refractivity (Wildman–Crippen MR) is 113 cm³/mol. The summed E-state index contributed by atoms with van der Waals surface area (Å²) in [6.07, 6.45) is 3.15. The SMILES string of the molecule is Cl.Fc1cc(F)c2c(c1)C[C@@H](n1c(CCNCc3ccccc3)c[nH]c1=S)CO2. The molecule has 1 atom stereocenters. The number of H-pyrrole nitrogens is 1. The Morgan fingerprint density at radius 1 is 1.21 bits per heavy atom. The summed E-state index contributed by atoms with van der Waals surface area (Å²) >= 11 is 5.44. The molecule has 2 heterocycles. The minimum absolute atomic E-state index is 0. The van der Waals surface area contributed by atoms with Gasteiger partial charge in [-0.1, -0.05) is 30.3 Å². The third-order valence-electron chi connectivity index (χ3n) is 4.95. The van der Waals surface area contributed by atoms with Crippen molar-refractivity contribution in [2.45, 2.75) is 25.4 Å². The molecule has 1 aromatic heterocycles. The Hall–Kier alpha value is -2.22. The molecule has 0 spiro atoms. The van der Waals surface area contributed by atoms with Gasteiger partial charge in [-0.2, -0.15) is 0 Å². The van der Waals surface area contributed by atoms with Gasteiger partial charge in [0.25, 0.3) is 0 Å². The maximum atomic E-state index is 13.9. The number of halogens is 3. The quantitative estimate of drug-likeness (QED) is 0.432. The van der Waals surface area contributed by atoms with E-state index in [1.807, 2.05) is 29.0 Å². The van der Waals surface area contributed by atoms with Gasteiger partial charge in [0.1, 0.15) is 12.4 Å². The fourth-order valence-corrected chi connectivity index (χ4v) is 3.96. The van der Waals surface area contributed by atoms with Crippen molar-refractivity contribution in [1.82, 2.24) is 14.9 Å². The number of aromatic nitrogens is 2. The molecule has 2 aromatic carbocycles. The average molecular weight is 438 g/mol. The van der Waals surface area contributed by atoms with Crippen LogP contribution in [0.25, 0.3) is 0 Å². The van der Waals surface area contributed by atoms with Crippen molar-refractivity contribution in [1.29, 1.82) is 0 Å². The first kappa shape index (κ1) is 21.5. The first-order chi connectivity index (χ1) is 13.6. The summed E-state index contributed by atoms with van der Waals surface area (Å²) in [5, 5.41) is 3.43. The van der Waals surface area contributed by atoms with Crippen LogP contribution in [0.5, 0.6) is 5.75 Å². The maximum absolute atomic E-state index is 13.9. The Balaban J connectivity index is 0.00000240. The molecule has 2 N–H and O–H groups in total. The molecule has 1 aliphatic rings. The maximum Gasteiger partial charge on any atom is 0.177 e. The van der Waals surface area contributed by atoms with Gasteiger partial charge < -0.3 is 19.6 Å². The van der Waals surface area contributed by atoms with Gasteiger partial charge >= 0.3 is 0 Å². The van der Waals surface area contributed by atoms with Crippen molar-refractivity contribution in [2.75, 3.05) is 13.2 Å². The number of fused-ring (bicyclic) bond motifs is 1. The van der Waals surface area contributed by atoms with E-state index in [4.69, 9.17) is 17.0 Å². The molecule has 29 heavy (non-hydrogen) atoms. The number of benzene rings is 2. The van der Waals surface area contributed by atoms with E-state index in [2.05, 4.69) is 22.4 Å². The summed E-state index contributed by atoms with van der Waals surface area (Å²) < 4.78 is 35.7. The van der Waals surface area contributed by atoms with Gasteiger partial charge in [0.05, 0.1) is 6.04 Å². The summed E-state index contributed by atoms with van der Waals surface area (Å²) in [6.45, 7) is 1.88. The average Bonchev–Trinajstić information content (AvgIpc) is 3.06. The van der Waals surface area contributed by atoms with Crippen LogP contribution in [0.4, 0.5) is 8.78 Å². The third-order valence-corrected chi connectivity index (χ3v) is 5.26. The van der Waals surface area contributed by atoms with Crippen LogP contribution in [0, 0.1) is 16.4 Å². The second-order valence-electron chi connectivity index (χ2n) is 6.91. The van der Waals surface area contributed by atoms with Crippen molar-refractivity contribution in [3.63, 3.8) is 0 Å². The number of rotatable bonds is 6. The molecule has 8 heteroatoms. The van der Waals surface area contributed by atoms with E-state index in [-0.39, 0.29) is 24.2 Å². The van der Waals surface area contributed by atoms with Crippen molar-refractivity contribution < 1.29 is 13.5 Å². The number of ether oxygens (including phenoxy) is 1. The number of imidazole rings is 1. The highest BCUT2D eigenvalue weighted by molar-refractivity contribution is 7.71. The smallest absolute Gasteiger partial charge is 0.177 e. The molecule has 1 aliphatic heterocycles. The normalized spacial score (nSPS) is 15.3. The Morgan fingerprint density at radius 2 is 2.00 bits per heavy atom. The van der Waals surface area contributed by atoms with Gasteiger partial charge in [-0.25, -0.2) is 8.78 Å². The lowest BCUT2D eigenvalue weighted by atomic mass is 10.0. The van der Waals surface area contributed by atoms with Crippen molar-refractivity contribution in [3.8, 4) is 5.75 Å². The number of nitrogens with zero attached hydrogens (tertiary/aromatic N) is 1. The highest BCUT2D eigenvalue weighted by Gasteiger charge is 2.26. The van der Waals surface area contributed by atoms with E-state index in [9.17, 15) is 8.78 Å². The zero-order valence-electron chi connectivity index (χ0n) is 15.7. The van der Waals surface area contributed by atoms with Crippen LogP contribution in [-0.4, -0.2) is 22.7 Å². The summed E-state index contributed by atoms with van der Waals surface area (Å²) in [7, 11) is 0. The fraction of sp³-hybridized carbons (Fsp3) is 0.286. The van der Waals surface area contributed by atoms with Gasteiger partial charge in [0.2, 0.25) is 0 Å². The Bertz CT molecular complexity index is 1020. The molecule has 0 unspecified atom stereocenters. The fourth-order valence-electron chi connectivity index (χ4n) is 3.64. The lowest BCUT2D eigenvalue weighted by Crippen LogP contribution is -2.27. The zero-order chi connectivity index (χ0) is 19.5. The molecule has 0 saturated carbocycles. The van der Waals surface area contributed by atoms with Crippen LogP contribution in [0.15, 0.2) is 48.7 Å². The number of aromatic amines is 1. The van der Waals surface area contributed by atoms with Gasteiger partial charge in [-0.05, 0) is 23.8 Å². The molecule has 0 bridgehead atoms. The Kier molecular flexibility index (Phi) is 7.05. The molecule has 0 radical (unpaired) electrons. The highest BCUT2D eigenvalue weighted by atomic mass is 35.5. The van der Waals surface area contributed by atoms with Gasteiger partial charge in [0, 0.05) is 49.5 Å². The molecular weight excluding hydrogens is 416 g/mol. The van der Waals surface area contributed by atoms with E-state index in [0.29, 0.717) is 23.4 Å². The molecule has 3 aromatic rings. The van der Waals surface area contributed by atoms with E-state index >= 15 is 0 Å². The third kappa shape index (κ3) is 4.86. The lowest BCUT2D eigenvalue weighted by molar-refractivity contribution is 0.210. The van der Waals surface area contributed by atoms with Crippen molar-refractivity contribution in [2.24, 2.45) is 0 Å². The number of hydrogen-bond acceptors (Lipinski definition) is 3. The molecule has 0 amide bonds. The molecular formula is C21H22ClF2N3OS. The monoisotopic (exact) mass is 437 g/mol. The van der Waals surface area contributed by atoms with Crippen LogP contribution < -0.4 is 10.1 Å². The van der Waals surface area contributed by atoms with Crippen LogP contribution in [0.1, 0.15) is 22.9 Å². The zero-order valence-corrected chi connectivity index (χ0v) is 17.3. The highest BCUT2D eigenvalue weighted by Crippen LogP contribution is 2.33. The van der Waals surface area contributed by atoms with Gasteiger partial charge in [-0.15, -0.1) is 12.4 Å². The summed E-state index contributed by atoms with van der Waals surface area (Å²) in [6, 6.07) is 12.3. The van der Waals surface area contributed by atoms with E-state index < -0.39 is 11.6 Å². The minimum atomic E-state index is -0.656. The predicted octanol–water partition coefficient (Wildman–Crippen LogP) is 4.75. The van der Waals surface area contributed by atoms with E-state index in [0.717, 1.165) is 31.3 Å². The van der Waals surface area contributed by atoms with E-state index in [1.165, 1.54) is 11.6 Å². The standard InChI is InChI=1S/C21H21F2N3OS.ClH/c22-16-8-15-9-18(13-27-20(15)19(23)10-16)26-17(12-25-21(26)28)6-7-24-11-14-4-2-1-3-5-14;/h1-5,8,10,12,18,24H,6-7,9,11,13H2,(H,25,28);1H/t18-;/m1./s1. The van der Waals surface area contributed by atoms with Gasteiger partial charge in [0.15, 0.2) is 16.3 Å². The number of hydrogen-bond donors (Lipinski definition) is 2. The summed E-state index contributed by atoms with van der Waals surface area (Å²) in [5.41, 5.74) is 2.80. The molecule has 4 nitrogen and oxygen atoms in total. The van der Waals surface area contributed by atoms with Crippen molar-refractivity contribution in [3.05, 3.63) is 81.9 Å². The Labute approximate surface area is 179 Å². The van der Waals surface area contributed by atoms with Crippen LogP contribution in [0.3, 0.4) is 0 Å². The molecule has 0 aliphatic carbocycles. The minimum Gasteiger partial charge on any atom is -0.488 e. The second-order valence-corrected chi connectivity index (χ2v) is 7.30. The van der Waals surface area contributed by atoms with Gasteiger partial charge in [-0.3, -0.25) is 0 Å².